The zero-order valence-electron chi connectivity index (χ0n) is 20.9. The number of carbonyl (C=O) groups excluding carboxylic acids is 1. The topological polar surface area (TPSA) is 83.1 Å². The molecule has 1 aromatic carbocycles. The molecule has 0 saturated carbocycles. The van der Waals surface area contributed by atoms with Crippen molar-refractivity contribution < 1.29 is 23.0 Å². The van der Waals surface area contributed by atoms with Gasteiger partial charge in [0.15, 0.2) is 0 Å². The summed E-state index contributed by atoms with van der Waals surface area (Å²) >= 11 is 6.21. The Bertz CT molecular complexity index is 1150. The van der Waals surface area contributed by atoms with Gasteiger partial charge in [-0.3, -0.25) is 4.90 Å². The van der Waals surface area contributed by atoms with Gasteiger partial charge in [0.05, 0.1) is 45.2 Å². The summed E-state index contributed by atoms with van der Waals surface area (Å²) in [5.74, 6) is -2.58. The number of urea groups is 1. The van der Waals surface area contributed by atoms with E-state index in [-0.39, 0.29) is 29.5 Å². The number of alkyl halides is 2. The fraction of sp³-hybridized carbons (Fsp3) is 0.560. The largest absolute Gasteiger partial charge is 0.378 e. The van der Waals surface area contributed by atoms with Crippen LogP contribution in [-0.4, -0.2) is 89.9 Å². The monoisotopic (exact) mass is 536 g/mol. The van der Waals surface area contributed by atoms with E-state index in [1.54, 1.807) is 33.9 Å². The van der Waals surface area contributed by atoms with E-state index >= 15 is 8.78 Å². The van der Waals surface area contributed by atoms with Gasteiger partial charge in [-0.25, -0.2) is 14.8 Å². The first-order valence-electron chi connectivity index (χ1n) is 12.4. The van der Waals surface area contributed by atoms with Gasteiger partial charge in [-0.05, 0) is 37.2 Å². The number of fused-ring (bicyclic) bond motifs is 1. The van der Waals surface area contributed by atoms with Gasteiger partial charge < -0.3 is 24.6 Å². The van der Waals surface area contributed by atoms with Crippen molar-refractivity contribution in [2.24, 2.45) is 0 Å². The van der Waals surface area contributed by atoms with E-state index in [9.17, 15) is 4.79 Å². The van der Waals surface area contributed by atoms with E-state index in [0.29, 0.717) is 69.6 Å². The number of carbonyl (C=O) groups is 1. The quantitative estimate of drug-likeness (QED) is 0.586. The standard InChI is InChI=1S/C25H31ClF2N6O3/c1-16(17-4-3-5-18(12-17)25(27,28)21-15-37-9-6-32(21)2)29-22-19-13-34(14-20(19)30-23(26)31-22)24(35)33-7-10-36-11-8-33/h3-5,12,16,21H,6-11,13-15H2,1-2H3,(H,29,30,31)/t16-,21?/m1/s1. The lowest BCUT2D eigenvalue weighted by Gasteiger charge is -2.37. The Morgan fingerprint density at radius 2 is 1.89 bits per heavy atom. The van der Waals surface area contributed by atoms with E-state index in [1.165, 1.54) is 12.1 Å². The molecule has 0 aliphatic carbocycles. The average Bonchev–Trinajstić information content (AvgIpc) is 3.33. The Balaban J connectivity index is 1.33. The predicted molar refractivity (Wildman–Crippen MR) is 134 cm³/mol. The minimum atomic E-state index is -3.08. The van der Waals surface area contributed by atoms with Crippen LogP contribution in [-0.2, 0) is 28.5 Å². The highest BCUT2D eigenvalue weighted by molar-refractivity contribution is 6.28. The van der Waals surface area contributed by atoms with Gasteiger partial charge in [0.25, 0.3) is 5.92 Å². The van der Waals surface area contributed by atoms with Crippen molar-refractivity contribution in [3.63, 3.8) is 0 Å². The van der Waals surface area contributed by atoms with E-state index in [1.807, 2.05) is 6.92 Å². The molecule has 4 heterocycles. The molecule has 2 amide bonds. The highest BCUT2D eigenvalue weighted by Crippen LogP contribution is 2.37. The molecule has 3 aliphatic heterocycles. The van der Waals surface area contributed by atoms with Crippen LogP contribution >= 0.6 is 11.6 Å². The number of aromatic nitrogens is 2. The number of likely N-dealkylation sites (N-methyl/N-ethyl adjacent to an activating group) is 1. The Morgan fingerprint density at radius 1 is 1.14 bits per heavy atom. The molecular formula is C25H31ClF2N6O3. The summed E-state index contributed by atoms with van der Waals surface area (Å²) < 4.78 is 41.6. The van der Waals surface area contributed by atoms with Gasteiger partial charge in [-0.2, -0.15) is 8.78 Å². The van der Waals surface area contributed by atoms with E-state index in [2.05, 4.69) is 15.3 Å². The lowest BCUT2D eigenvalue weighted by molar-refractivity contribution is -0.134. The number of rotatable bonds is 5. The minimum Gasteiger partial charge on any atom is -0.378 e. The van der Waals surface area contributed by atoms with Crippen LogP contribution in [0.1, 0.15) is 35.3 Å². The molecule has 2 aromatic rings. The van der Waals surface area contributed by atoms with Crippen LogP contribution in [0.5, 0.6) is 0 Å². The Kier molecular flexibility index (Phi) is 7.49. The predicted octanol–water partition coefficient (Wildman–Crippen LogP) is 3.49. The molecule has 37 heavy (non-hydrogen) atoms. The van der Waals surface area contributed by atoms with Gasteiger partial charge in [-0.1, -0.05) is 18.2 Å². The first kappa shape index (κ1) is 26.0. The molecule has 0 spiro atoms. The Morgan fingerprint density at radius 3 is 2.65 bits per heavy atom. The van der Waals surface area contributed by atoms with Crippen LogP contribution < -0.4 is 5.32 Å². The number of anilines is 1. The summed E-state index contributed by atoms with van der Waals surface area (Å²) in [4.78, 5) is 26.8. The smallest absolute Gasteiger partial charge is 0.320 e. The Labute approximate surface area is 219 Å². The molecule has 200 valence electrons. The molecule has 2 saturated heterocycles. The van der Waals surface area contributed by atoms with Crippen LogP contribution in [0.25, 0.3) is 0 Å². The molecular weight excluding hydrogens is 506 g/mol. The zero-order valence-corrected chi connectivity index (χ0v) is 21.7. The van der Waals surface area contributed by atoms with Crippen molar-refractivity contribution in [3.05, 3.63) is 51.9 Å². The lowest BCUT2D eigenvalue weighted by atomic mass is 9.96. The second kappa shape index (κ2) is 10.6. The number of hydrogen-bond acceptors (Lipinski definition) is 7. The molecule has 2 fully saturated rings. The molecule has 3 aliphatic rings. The molecule has 12 heteroatoms. The maximum Gasteiger partial charge on any atom is 0.320 e. The average molecular weight is 537 g/mol. The van der Waals surface area contributed by atoms with Crippen molar-refractivity contribution in [1.29, 1.82) is 0 Å². The first-order valence-corrected chi connectivity index (χ1v) is 12.8. The van der Waals surface area contributed by atoms with E-state index in [0.717, 1.165) is 5.56 Å². The third-order valence-corrected chi connectivity index (χ3v) is 7.42. The zero-order chi connectivity index (χ0) is 26.2. The summed E-state index contributed by atoms with van der Waals surface area (Å²) in [5.41, 5.74) is 2.07. The summed E-state index contributed by atoms with van der Waals surface area (Å²) in [5, 5.41) is 3.38. The molecule has 1 N–H and O–H groups in total. The molecule has 5 rings (SSSR count). The normalized spacial score (nSPS) is 21.6. The number of nitrogens with one attached hydrogen (secondary N) is 1. The van der Waals surface area contributed by atoms with Gasteiger partial charge in [0, 0.05) is 36.8 Å². The molecule has 0 bridgehead atoms. The first-order chi connectivity index (χ1) is 17.7. The summed E-state index contributed by atoms with van der Waals surface area (Å²) in [7, 11) is 1.70. The van der Waals surface area contributed by atoms with Crippen molar-refractivity contribution in [1.82, 2.24) is 24.7 Å². The van der Waals surface area contributed by atoms with Crippen LogP contribution in [0.3, 0.4) is 0 Å². The van der Waals surface area contributed by atoms with E-state index < -0.39 is 12.0 Å². The van der Waals surface area contributed by atoms with Crippen LogP contribution in [0.2, 0.25) is 5.28 Å². The molecule has 0 radical (unpaired) electrons. The second-order valence-electron chi connectivity index (χ2n) is 9.69. The molecule has 2 atom stereocenters. The molecule has 9 nitrogen and oxygen atoms in total. The van der Waals surface area contributed by atoms with Crippen LogP contribution in [0.4, 0.5) is 19.4 Å². The number of benzene rings is 1. The van der Waals surface area contributed by atoms with Gasteiger partial charge >= 0.3 is 6.03 Å². The number of nitrogens with zero attached hydrogens (tertiary/aromatic N) is 5. The van der Waals surface area contributed by atoms with Crippen LogP contribution in [0.15, 0.2) is 24.3 Å². The second-order valence-corrected chi connectivity index (χ2v) is 10.0. The molecule has 1 unspecified atom stereocenters. The fourth-order valence-electron chi connectivity index (χ4n) is 5.00. The number of halogens is 3. The highest BCUT2D eigenvalue weighted by Gasteiger charge is 2.45. The van der Waals surface area contributed by atoms with Gasteiger partial charge in [0.1, 0.15) is 11.9 Å². The maximum atomic E-state index is 15.4. The SMILES string of the molecule is C[C@@H](Nc1nc(Cl)nc2c1CN(C(=O)N1CCOCC1)C2)c1cccc(C(F)(F)C2COCCN2C)c1. The fourth-order valence-corrected chi connectivity index (χ4v) is 5.18. The van der Waals surface area contributed by atoms with Crippen molar-refractivity contribution in [3.8, 4) is 0 Å². The third-order valence-electron chi connectivity index (χ3n) is 7.25. The summed E-state index contributed by atoms with van der Waals surface area (Å²) in [6, 6.07) is 4.96. The van der Waals surface area contributed by atoms with Crippen molar-refractivity contribution in [2.75, 3.05) is 58.4 Å². The van der Waals surface area contributed by atoms with Crippen LogP contribution in [0, 0.1) is 0 Å². The summed E-state index contributed by atoms with van der Waals surface area (Å²) in [6.45, 7) is 5.56. The third kappa shape index (κ3) is 5.36. The number of hydrogen-bond donors (Lipinski definition) is 1. The van der Waals surface area contributed by atoms with Gasteiger partial charge in [0.2, 0.25) is 5.28 Å². The van der Waals surface area contributed by atoms with E-state index in [4.69, 9.17) is 21.1 Å². The highest BCUT2D eigenvalue weighted by atomic mass is 35.5. The van der Waals surface area contributed by atoms with Gasteiger partial charge in [-0.15, -0.1) is 0 Å². The number of ether oxygens (including phenoxy) is 2. The maximum absolute atomic E-state index is 15.4. The Hall–Kier alpha value is -2.60. The number of amides is 2. The number of morpholine rings is 2. The molecule has 1 aromatic heterocycles. The van der Waals surface area contributed by atoms with Crippen molar-refractivity contribution in [2.45, 2.75) is 38.0 Å². The lowest BCUT2D eigenvalue weighted by Crippen LogP contribution is -2.51. The minimum absolute atomic E-state index is 0.0211. The summed E-state index contributed by atoms with van der Waals surface area (Å²) in [6.07, 6.45) is 0. The van der Waals surface area contributed by atoms with Crippen molar-refractivity contribution >= 4 is 23.4 Å².